The fourth-order valence-corrected chi connectivity index (χ4v) is 2.26. The van der Waals surface area contributed by atoms with Gasteiger partial charge in [-0.2, -0.15) is 5.26 Å². The third-order valence-corrected chi connectivity index (χ3v) is 3.13. The fraction of sp³-hybridized carbons (Fsp3) is 0.417. The number of hydrogen-bond acceptors (Lipinski definition) is 4. The lowest BCUT2D eigenvalue weighted by Crippen LogP contribution is -2.34. The number of aromatic nitrogens is 1. The Labute approximate surface area is 99.6 Å². The van der Waals surface area contributed by atoms with Crippen molar-refractivity contribution in [3.05, 3.63) is 23.9 Å². The molecule has 2 rings (SSSR count). The minimum atomic E-state index is -0.283. The second-order valence-corrected chi connectivity index (χ2v) is 4.20. The topological polar surface area (TPSA) is 91.8 Å². The van der Waals surface area contributed by atoms with Crippen LogP contribution < -0.4 is 11.1 Å². The molecule has 1 aromatic rings. The lowest BCUT2D eigenvalue weighted by molar-refractivity contribution is -0.121. The number of nitrogens with two attached hydrogens (primary N) is 1. The SMILES string of the molecule is N#Cc1cccnc1N[C@H]1CCC[C@H]1C(N)=O. The number of nitrogens with zero attached hydrogens (tertiary/aromatic N) is 2. The number of nitrogens with one attached hydrogen (secondary N) is 1. The highest BCUT2D eigenvalue weighted by molar-refractivity contribution is 5.78. The number of rotatable bonds is 3. The molecule has 88 valence electrons. The molecule has 0 spiro atoms. The summed E-state index contributed by atoms with van der Waals surface area (Å²) in [6.07, 6.45) is 4.29. The number of pyridine rings is 1. The number of carbonyl (C=O) groups is 1. The maximum Gasteiger partial charge on any atom is 0.222 e. The molecule has 5 nitrogen and oxygen atoms in total. The minimum Gasteiger partial charge on any atom is -0.369 e. The molecule has 0 aliphatic heterocycles. The maximum absolute atomic E-state index is 11.3. The highest BCUT2D eigenvalue weighted by Gasteiger charge is 2.31. The van der Waals surface area contributed by atoms with Gasteiger partial charge in [0.2, 0.25) is 5.91 Å². The molecule has 1 saturated carbocycles. The molecule has 1 heterocycles. The van der Waals surface area contributed by atoms with Crippen molar-refractivity contribution >= 4 is 11.7 Å². The van der Waals surface area contributed by atoms with Gasteiger partial charge < -0.3 is 11.1 Å². The molecular weight excluding hydrogens is 216 g/mol. The summed E-state index contributed by atoms with van der Waals surface area (Å²) in [5.74, 6) is 0.0890. The first-order valence-electron chi connectivity index (χ1n) is 5.63. The summed E-state index contributed by atoms with van der Waals surface area (Å²) in [7, 11) is 0. The summed E-state index contributed by atoms with van der Waals surface area (Å²) in [5.41, 5.74) is 5.84. The van der Waals surface area contributed by atoms with Crippen LogP contribution >= 0.6 is 0 Å². The largest absolute Gasteiger partial charge is 0.369 e. The van der Waals surface area contributed by atoms with Crippen LogP contribution in [0.3, 0.4) is 0 Å². The Balaban J connectivity index is 2.15. The van der Waals surface area contributed by atoms with Crippen molar-refractivity contribution < 1.29 is 4.79 Å². The average molecular weight is 230 g/mol. The van der Waals surface area contributed by atoms with Crippen molar-refractivity contribution in [1.29, 1.82) is 5.26 Å². The molecule has 0 aromatic carbocycles. The van der Waals surface area contributed by atoms with Crippen LogP contribution in [0.5, 0.6) is 0 Å². The normalized spacial score (nSPS) is 23.0. The molecule has 1 amide bonds. The molecule has 0 unspecified atom stereocenters. The van der Waals surface area contributed by atoms with Gasteiger partial charge >= 0.3 is 0 Å². The molecule has 1 aromatic heterocycles. The first-order valence-corrected chi connectivity index (χ1v) is 5.63. The van der Waals surface area contributed by atoms with Crippen LogP contribution in [-0.2, 0) is 4.79 Å². The zero-order valence-electron chi connectivity index (χ0n) is 9.39. The van der Waals surface area contributed by atoms with Crippen molar-refractivity contribution in [2.75, 3.05) is 5.32 Å². The van der Waals surface area contributed by atoms with Gasteiger partial charge in [0, 0.05) is 12.2 Å². The number of primary amides is 1. The van der Waals surface area contributed by atoms with Gasteiger partial charge in [-0.25, -0.2) is 4.98 Å². The van der Waals surface area contributed by atoms with E-state index in [1.165, 1.54) is 0 Å². The monoisotopic (exact) mass is 230 g/mol. The summed E-state index contributed by atoms with van der Waals surface area (Å²) >= 11 is 0. The Morgan fingerprint density at radius 2 is 2.41 bits per heavy atom. The number of amides is 1. The zero-order chi connectivity index (χ0) is 12.3. The number of carbonyl (C=O) groups excluding carboxylic acids is 1. The fourth-order valence-electron chi connectivity index (χ4n) is 2.26. The smallest absolute Gasteiger partial charge is 0.222 e. The molecule has 0 bridgehead atoms. The van der Waals surface area contributed by atoms with Gasteiger partial charge in [-0.05, 0) is 25.0 Å². The van der Waals surface area contributed by atoms with Gasteiger partial charge in [-0.1, -0.05) is 6.42 Å². The van der Waals surface area contributed by atoms with E-state index in [0.717, 1.165) is 19.3 Å². The van der Waals surface area contributed by atoms with Crippen LogP contribution in [-0.4, -0.2) is 16.9 Å². The lowest BCUT2D eigenvalue weighted by atomic mass is 10.0. The maximum atomic E-state index is 11.3. The average Bonchev–Trinajstić information content (AvgIpc) is 2.78. The molecule has 1 aliphatic carbocycles. The Morgan fingerprint density at radius 3 is 3.12 bits per heavy atom. The van der Waals surface area contributed by atoms with E-state index in [1.54, 1.807) is 18.3 Å². The molecule has 1 aliphatic rings. The predicted octanol–water partition coefficient (Wildman–Crippen LogP) is 1.02. The van der Waals surface area contributed by atoms with Crippen molar-refractivity contribution in [3.63, 3.8) is 0 Å². The van der Waals surface area contributed by atoms with Crippen molar-refractivity contribution in [3.8, 4) is 6.07 Å². The second-order valence-electron chi connectivity index (χ2n) is 4.20. The molecule has 17 heavy (non-hydrogen) atoms. The van der Waals surface area contributed by atoms with Gasteiger partial charge in [0.15, 0.2) is 0 Å². The molecule has 0 radical (unpaired) electrons. The minimum absolute atomic E-state index is 0.00509. The molecule has 0 saturated heterocycles. The van der Waals surface area contributed by atoms with Crippen molar-refractivity contribution in [2.45, 2.75) is 25.3 Å². The standard InChI is InChI=1S/C12H14N4O/c13-7-8-3-2-6-15-12(8)16-10-5-1-4-9(10)11(14)17/h2-3,6,9-10H,1,4-5H2,(H2,14,17)(H,15,16)/t9-,10+/m1/s1. The summed E-state index contributed by atoms with van der Waals surface area (Å²) in [5, 5.41) is 12.1. The first-order chi connectivity index (χ1) is 8.22. The van der Waals surface area contributed by atoms with Crippen LogP contribution in [0.1, 0.15) is 24.8 Å². The zero-order valence-corrected chi connectivity index (χ0v) is 9.39. The first kappa shape index (κ1) is 11.4. The summed E-state index contributed by atoms with van der Waals surface area (Å²) < 4.78 is 0. The third kappa shape index (κ3) is 2.36. The van der Waals surface area contributed by atoms with Crippen LogP contribution in [0.4, 0.5) is 5.82 Å². The van der Waals surface area contributed by atoms with E-state index < -0.39 is 0 Å². The predicted molar refractivity (Wildman–Crippen MR) is 62.9 cm³/mol. The third-order valence-electron chi connectivity index (χ3n) is 3.13. The Kier molecular flexibility index (Phi) is 3.24. The molecule has 1 fully saturated rings. The van der Waals surface area contributed by atoms with Crippen LogP contribution in [0.15, 0.2) is 18.3 Å². The second kappa shape index (κ2) is 4.83. The van der Waals surface area contributed by atoms with Gasteiger partial charge in [0.25, 0.3) is 0 Å². The van der Waals surface area contributed by atoms with E-state index in [-0.39, 0.29) is 17.9 Å². The Morgan fingerprint density at radius 1 is 1.59 bits per heavy atom. The number of hydrogen-bond donors (Lipinski definition) is 2. The summed E-state index contributed by atoms with van der Waals surface area (Å²) in [6, 6.07) is 5.48. The van der Waals surface area contributed by atoms with Gasteiger partial charge in [-0.3, -0.25) is 4.79 Å². The Hall–Kier alpha value is -2.09. The van der Waals surface area contributed by atoms with Gasteiger partial charge in [-0.15, -0.1) is 0 Å². The van der Waals surface area contributed by atoms with E-state index in [4.69, 9.17) is 11.0 Å². The van der Waals surface area contributed by atoms with Crippen LogP contribution in [0.2, 0.25) is 0 Å². The number of nitriles is 1. The van der Waals surface area contributed by atoms with Gasteiger partial charge in [0.1, 0.15) is 11.9 Å². The van der Waals surface area contributed by atoms with Crippen LogP contribution in [0, 0.1) is 17.2 Å². The summed E-state index contributed by atoms with van der Waals surface area (Å²) in [6.45, 7) is 0. The van der Waals surface area contributed by atoms with Crippen LogP contribution in [0.25, 0.3) is 0 Å². The van der Waals surface area contributed by atoms with E-state index >= 15 is 0 Å². The molecular formula is C12H14N4O. The highest BCUT2D eigenvalue weighted by atomic mass is 16.1. The summed E-state index contributed by atoms with van der Waals surface area (Å²) in [4.78, 5) is 15.4. The number of anilines is 1. The van der Waals surface area contributed by atoms with Crippen molar-refractivity contribution in [1.82, 2.24) is 4.98 Å². The highest BCUT2D eigenvalue weighted by Crippen LogP contribution is 2.28. The van der Waals surface area contributed by atoms with E-state index in [2.05, 4.69) is 16.4 Å². The lowest BCUT2D eigenvalue weighted by Gasteiger charge is -2.19. The molecule has 3 N–H and O–H groups in total. The molecule has 5 heteroatoms. The van der Waals surface area contributed by atoms with Crippen molar-refractivity contribution in [2.24, 2.45) is 11.7 Å². The van der Waals surface area contributed by atoms with E-state index in [1.807, 2.05) is 0 Å². The van der Waals surface area contributed by atoms with E-state index in [0.29, 0.717) is 11.4 Å². The van der Waals surface area contributed by atoms with Gasteiger partial charge in [0.05, 0.1) is 11.5 Å². The quantitative estimate of drug-likeness (QED) is 0.810. The van der Waals surface area contributed by atoms with E-state index in [9.17, 15) is 4.79 Å². The molecule has 2 atom stereocenters. The Bertz CT molecular complexity index is 466.